The molecule has 0 unspecified atom stereocenters. The first kappa shape index (κ1) is 14.0. The first-order chi connectivity index (χ1) is 9.24. The van der Waals surface area contributed by atoms with Crippen LogP contribution in [0.5, 0.6) is 0 Å². The molecule has 0 bridgehead atoms. The van der Waals surface area contributed by atoms with Gasteiger partial charge in [0.05, 0.1) is 6.61 Å². The predicted octanol–water partition coefficient (Wildman–Crippen LogP) is -0.108. The highest BCUT2D eigenvalue weighted by Gasteiger charge is 2.28. The zero-order valence-corrected chi connectivity index (χ0v) is 11.6. The van der Waals surface area contributed by atoms with Crippen molar-refractivity contribution in [1.82, 2.24) is 19.8 Å². The highest BCUT2D eigenvalue weighted by Crippen LogP contribution is 2.11. The molecule has 2 rings (SSSR count). The second kappa shape index (κ2) is 6.68. The number of rotatable bonds is 7. The van der Waals surface area contributed by atoms with E-state index in [-0.39, 0.29) is 5.91 Å². The van der Waals surface area contributed by atoms with Crippen LogP contribution in [0.2, 0.25) is 0 Å². The molecule has 0 spiro atoms. The van der Waals surface area contributed by atoms with Gasteiger partial charge in [0.2, 0.25) is 5.91 Å². The van der Waals surface area contributed by atoms with Crippen molar-refractivity contribution in [3.8, 4) is 0 Å². The fourth-order valence-corrected chi connectivity index (χ4v) is 2.20. The fourth-order valence-electron chi connectivity index (χ4n) is 2.20. The normalized spacial score (nSPS) is 15.6. The number of imidazole rings is 1. The zero-order valence-electron chi connectivity index (χ0n) is 11.6. The van der Waals surface area contributed by atoms with Gasteiger partial charge in [0.15, 0.2) is 0 Å². The molecule has 1 N–H and O–H groups in total. The Hall–Kier alpha value is -1.40. The molecule has 19 heavy (non-hydrogen) atoms. The first-order valence-corrected chi connectivity index (χ1v) is 6.68. The highest BCUT2D eigenvalue weighted by molar-refractivity contribution is 5.77. The Labute approximate surface area is 113 Å². The number of carbonyl (C=O) groups excluding carboxylic acids is 1. The molecule has 1 aromatic rings. The lowest BCUT2D eigenvalue weighted by atomic mass is 10.1. The van der Waals surface area contributed by atoms with Crippen molar-refractivity contribution in [1.29, 1.82) is 0 Å². The Morgan fingerprint density at radius 1 is 1.58 bits per heavy atom. The van der Waals surface area contributed by atoms with E-state index in [1.165, 1.54) is 0 Å². The summed E-state index contributed by atoms with van der Waals surface area (Å²) < 4.78 is 7.10. The first-order valence-electron chi connectivity index (χ1n) is 6.68. The third kappa shape index (κ3) is 3.54. The van der Waals surface area contributed by atoms with Crippen LogP contribution in [0.4, 0.5) is 0 Å². The third-order valence-corrected chi connectivity index (χ3v) is 3.54. The molecule has 1 fully saturated rings. The minimum atomic E-state index is 0.216. The topological polar surface area (TPSA) is 59.4 Å². The summed E-state index contributed by atoms with van der Waals surface area (Å²) in [4.78, 5) is 18.1. The van der Waals surface area contributed by atoms with E-state index >= 15 is 0 Å². The fraction of sp³-hybridized carbons (Fsp3) is 0.692. The van der Waals surface area contributed by atoms with E-state index in [0.717, 1.165) is 25.5 Å². The van der Waals surface area contributed by atoms with Crippen LogP contribution in [0.15, 0.2) is 12.4 Å². The van der Waals surface area contributed by atoms with E-state index in [1.807, 2.05) is 22.7 Å². The van der Waals surface area contributed by atoms with Gasteiger partial charge in [-0.05, 0) is 7.05 Å². The lowest BCUT2D eigenvalue weighted by Crippen LogP contribution is -2.58. The van der Waals surface area contributed by atoms with Crippen LogP contribution in [0.25, 0.3) is 0 Å². The Bertz CT molecular complexity index is 413. The standard InChI is InChI=1S/C13H22N4O2/c1-14-11-9-17(10-11)13(18)4-3-12-15-5-6-16(12)7-8-19-2/h5-6,11,14H,3-4,7-10H2,1-2H3. The third-order valence-electron chi connectivity index (χ3n) is 3.54. The van der Waals surface area contributed by atoms with Crippen molar-refractivity contribution in [3.05, 3.63) is 18.2 Å². The van der Waals surface area contributed by atoms with Gasteiger partial charge in [0.1, 0.15) is 5.82 Å². The number of hydrogen-bond donors (Lipinski definition) is 1. The van der Waals surface area contributed by atoms with Crippen LogP contribution in [-0.4, -0.2) is 60.3 Å². The Morgan fingerprint density at radius 2 is 2.37 bits per heavy atom. The van der Waals surface area contributed by atoms with Crippen molar-refractivity contribution >= 4 is 5.91 Å². The smallest absolute Gasteiger partial charge is 0.223 e. The summed E-state index contributed by atoms with van der Waals surface area (Å²) in [5, 5.41) is 3.16. The van der Waals surface area contributed by atoms with E-state index in [9.17, 15) is 4.79 Å². The maximum Gasteiger partial charge on any atom is 0.223 e. The molecule has 1 saturated heterocycles. The number of likely N-dealkylation sites (tertiary alicyclic amines) is 1. The number of aryl methyl sites for hydroxylation is 1. The molecule has 0 aromatic carbocycles. The molecule has 106 valence electrons. The number of nitrogens with zero attached hydrogens (tertiary/aromatic N) is 3. The summed E-state index contributed by atoms with van der Waals surface area (Å²) in [6.07, 6.45) is 4.92. The van der Waals surface area contributed by atoms with Gasteiger partial charge in [-0.25, -0.2) is 4.98 Å². The van der Waals surface area contributed by atoms with Crippen molar-refractivity contribution in [2.45, 2.75) is 25.4 Å². The number of nitrogens with one attached hydrogen (secondary N) is 1. The average Bonchev–Trinajstić information content (AvgIpc) is 2.80. The molecule has 0 aliphatic carbocycles. The van der Waals surface area contributed by atoms with Gasteiger partial charge in [-0.2, -0.15) is 0 Å². The molecule has 0 saturated carbocycles. The molecule has 1 aliphatic rings. The number of likely N-dealkylation sites (N-methyl/N-ethyl adjacent to an activating group) is 1. The summed E-state index contributed by atoms with van der Waals surface area (Å²) in [5.74, 6) is 1.17. The molecule has 1 aliphatic heterocycles. The van der Waals surface area contributed by atoms with Gasteiger partial charge < -0.3 is 19.5 Å². The average molecular weight is 266 g/mol. The van der Waals surface area contributed by atoms with Crippen LogP contribution < -0.4 is 5.32 Å². The Balaban J connectivity index is 1.76. The number of methoxy groups -OCH3 is 1. The van der Waals surface area contributed by atoms with E-state index in [2.05, 4.69) is 10.3 Å². The molecule has 2 heterocycles. The van der Waals surface area contributed by atoms with Gasteiger partial charge in [-0.15, -0.1) is 0 Å². The van der Waals surface area contributed by atoms with Crippen LogP contribution in [-0.2, 0) is 22.5 Å². The second-order valence-corrected chi connectivity index (χ2v) is 4.81. The molecule has 6 heteroatoms. The molecular formula is C13H22N4O2. The van der Waals surface area contributed by atoms with Crippen molar-refractivity contribution in [3.63, 3.8) is 0 Å². The van der Waals surface area contributed by atoms with Crippen molar-refractivity contribution < 1.29 is 9.53 Å². The van der Waals surface area contributed by atoms with Gasteiger partial charge in [0.25, 0.3) is 0 Å². The minimum Gasteiger partial charge on any atom is -0.383 e. The quantitative estimate of drug-likeness (QED) is 0.748. The monoisotopic (exact) mass is 266 g/mol. The van der Waals surface area contributed by atoms with Crippen LogP contribution in [0.3, 0.4) is 0 Å². The van der Waals surface area contributed by atoms with Crippen LogP contribution in [0, 0.1) is 0 Å². The van der Waals surface area contributed by atoms with Crippen molar-refractivity contribution in [2.75, 3.05) is 33.9 Å². The van der Waals surface area contributed by atoms with Crippen LogP contribution in [0.1, 0.15) is 12.2 Å². The summed E-state index contributed by atoms with van der Waals surface area (Å²) >= 11 is 0. The Kier molecular flexibility index (Phi) is 4.93. The van der Waals surface area contributed by atoms with E-state index in [4.69, 9.17) is 4.74 Å². The summed E-state index contributed by atoms with van der Waals surface area (Å²) in [7, 11) is 3.61. The molecule has 1 amide bonds. The number of carbonyl (C=O) groups is 1. The maximum atomic E-state index is 11.9. The van der Waals surface area contributed by atoms with Gasteiger partial charge >= 0.3 is 0 Å². The van der Waals surface area contributed by atoms with E-state index < -0.39 is 0 Å². The summed E-state index contributed by atoms with van der Waals surface area (Å²) in [6.45, 7) is 3.10. The maximum absolute atomic E-state index is 11.9. The Morgan fingerprint density at radius 3 is 3.05 bits per heavy atom. The summed E-state index contributed by atoms with van der Waals surface area (Å²) in [6, 6.07) is 0.465. The largest absolute Gasteiger partial charge is 0.383 e. The van der Waals surface area contributed by atoms with Gasteiger partial charge in [-0.1, -0.05) is 0 Å². The molecule has 0 atom stereocenters. The van der Waals surface area contributed by atoms with Crippen LogP contribution >= 0.6 is 0 Å². The zero-order chi connectivity index (χ0) is 13.7. The number of ether oxygens (including phenoxy) is 1. The van der Waals surface area contributed by atoms with E-state index in [0.29, 0.717) is 25.5 Å². The number of amides is 1. The SMILES string of the molecule is CNC1CN(C(=O)CCc2nccn2CCOC)C1. The highest BCUT2D eigenvalue weighted by atomic mass is 16.5. The minimum absolute atomic E-state index is 0.216. The summed E-state index contributed by atoms with van der Waals surface area (Å²) in [5.41, 5.74) is 0. The molecule has 0 radical (unpaired) electrons. The molecular weight excluding hydrogens is 244 g/mol. The molecule has 6 nitrogen and oxygen atoms in total. The van der Waals surface area contributed by atoms with Gasteiger partial charge in [0, 0.05) is 58.0 Å². The lowest BCUT2D eigenvalue weighted by Gasteiger charge is -2.39. The second-order valence-electron chi connectivity index (χ2n) is 4.81. The van der Waals surface area contributed by atoms with Gasteiger partial charge in [-0.3, -0.25) is 4.79 Å². The lowest BCUT2D eigenvalue weighted by molar-refractivity contribution is -0.135. The molecule has 1 aromatic heterocycles. The predicted molar refractivity (Wildman–Crippen MR) is 71.9 cm³/mol. The van der Waals surface area contributed by atoms with Crippen molar-refractivity contribution in [2.24, 2.45) is 0 Å². The number of aromatic nitrogens is 2. The van der Waals surface area contributed by atoms with E-state index in [1.54, 1.807) is 13.3 Å². The number of hydrogen-bond acceptors (Lipinski definition) is 4.